The molecule has 0 saturated heterocycles. The summed E-state index contributed by atoms with van der Waals surface area (Å²) in [6.07, 6.45) is -1.75. The lowest BCUT2D eigenvalue weighted by Gasteiger charge is -2.16. The number of aromatic nitrogens is 4. The van der Waals surface area contributed by atoms with Gasteiger partial charge in [0.05, 0.1) is 42.5 Å². The van der Waals surface area contributed by atoms with E-state index in [0.717, 1.165) is 12.1 Å². The van der Waals surface area contributed by atoms with Gasteiger partial charge in [-0.05, 0) is 31.2 Å². The molecule has 5 heterocycles. The van der Waals surface area contributed by atoms with Crippen LogP contribution in [0.1, 0.15) is 42.8 Å². The lowest BCUT2D eigenvalue weighted by atomic mass is 10.0. The summed E-state index contributed by atoms with van der Waals surface area (Å²) in [6.45, 7) is 1.99. The normalized spacial score (nSPS) is 12.8. The van der Waals surface area contributed by atoms with Crippen LogP contribution in [0.5, 0.6) is 5.75 Å². The first-order valence-corrected chi connectivity index (χ1v) is 12.5. The zero-order valence-electron chi connectivity index (χ0n) is 20.3. The van der Waals surface area contributed by atoms with Crippen LogP contribution in [-0.4, -0.2) is 43.8 Å². The molecule has 1 N–H and O–H groups in total. The summed E-state index contributed by atoms with van der Waals surface area (Å²) in [5, 5.41) is 3.30. The van der Waals surface area contributed by atoms with Gasteiger partial charge in [-0.15, -0.1) is 0 Å². The van der Waals surface area contributed by atoms with Crippen molar-refractivity contribution in [1.29, 1.82) is 0 Å². The molecule has 0 fully saturated rings. The number of nitrogens with zero attached hydrogens (tertiary/aromatic N) is 5. The largest absolute Gasteiger partial charge is 0.494 e. The molecule has 9 nitrogen and oxygen atoms in total. The number of carbonyl (C=O) groups excluding carboxylic acids is 2. The molecule has 0 radical (unpaired) electrons. The highest BCUT2D eigenvalue weighted by atomic mass is 35.5. The summed E-state index contributed by atoms with van der Waals surface area (Å²) in [7, 11) is 1.48. The smallest absolute Gasteiger partial charge is 0.433 e. The lowest BCUT2D eigenvalue weighted by molar-refractivity contribution is -0.141. The highest BCUT2D eigenvalue weighted by Crippen LogP contribution is 2.36. The van der Waals surface area contributed by atoms with Gasteiger partial charge in [-0.2, -0.15) is 13.2 Å². The van der Waals surface area contributed by atoms with Gasteiger partial charge in [0.15, 0.2) is 5.13 Å². The van der Waals surface area contributed by atoms with Crippen molar-refractivity contribution in [3.8, 4) is 16.9 Å². The second kappa shape index (κ2) is 10.2. The minimum atomic E-state index is -4.66. The van der Waals surface area contributed by atoms with Gasteiger partial charge in [0.2, 0.25) is 0 Å². The predicted octanol–water partition coefficient (Wildman–Crippen LogP) is 5.39. The van der Waals surface area contributed by atoms with Crippen LogP contribution in [0, 0.1) is 6.92 Å². The summed E-state index contributed by atoms with van der Waals surface area (Å²) in [4.78, 5) is 44.3. The van der Waals surface area contributed by atoms with Crippen LogP contribution in [0.25, 0.3) is 11.1 Å². The molecule has 0 spiro atoms. The molecule has 0 aliphatic carbocycles. The molecular formula is C25H18ClF3N6O3S. The maximum Gasteiger partial charge on any atom is 0.433 e. The van der Waals surface area contributed by atoms with E-state index >= 15 is 0 Å². The first kappa shape index (κ1) is 26.5. The molecule has 1 aliphatic heterocycles. The van der Waals surface area contributed by atoms with Crippen LogP contribution < -0.4 is 10.1 Å². The Morgan fingerprint density at radius 3 is 2.62 bits per heavy atom. The molecule has 0 aromatic carbocycles. The highest BCUT2D eigenvalue weighted by Gasteiger charge is 2.34. The molecular weight excluding hydrogens is 557 g/mol. The molecule has 4 aromatic heterocycles. The second-order valence-electron chi connectivity index (χ2n) is 8.49. The third-order valence-corrected chi connectivity index (χ3v) is 7.05. The Morgan fingerprint density at radius 2 is 1.90 bits per heavy atom. The number of amides is 2. The number of hydrogen-bond donors (Lipinski definition) is 1. The molecule has 5 rings (SSSR count). The van der Waals surface area contributed by atoms with Gasteiger partial charge >= 0.3 is 6.18 Å². The SMILES string of the molecule is COc1cnc(Cl)cc1-c1cc(C)ncc1C(=O)Nc1nc2c(s1)CN(C(=O)c1cccc(C(F)(F)F)n1)C2. The van der Waals surface area contributed by atoms with Gasteiger partial charge in [0.25, 0.3) is 11.8 Å². The number of halogens is 4. The Labute approximate surface area is 228 Å². The Bertz CT molecular complexity index is 1590. The number of hydrogen-bond acceptors (Lipinski definition) is 8. The Hall–Kier alpha value is -4.10. The number of pyridine rings is 3. The third-order valence-electron chi connectivity index (χ3n) is 5.85. The summed E-state index contributed by atoms with van der Waals surface area (Å²) in [6, 6.07) is 6.51. The topological polar surface area (TPSA) is 110 Å². The van der Waals surface area contributed by atoms with Gasteiger partial charge in [-0.3, -0.25) is 19.9 Å². The van der Waals surface area contributed by atoms with Crippen molar-refractivity contribution in [3.63, 3.8) is 0 Å². The van der Waals surface area contributed by atoms with Gasteiger partial charge in [-0.1, -0.05) is 29.0 Å². The number of methoxy groups -OCH3 is 1. The number of nitrogens with one attached hydrogen (secondary N) is 1. The van der Waals surface area contributed by atoms with E-state index in [1.54, 1.807) is 19.1 Å². The first-order valence-electron chi connectivity index (χ1n) is 11.3. The number of alkyl halides is 3. The van der Waals surface area contributed by atoms with Gasteiger partial charge < -0.3 is 9.64 Å². The summed E-state index contributed by atoms with van der Waals surface area (Å²) >= 11 is 7.27. The second-order valence-corrected chi connectivity index (χ2v) is 9.96. The van der Waals surface area contributed by atoms with Crippen molar-refractivity contribution in [2.24, 2.45) is 0 Å². The van der Waals surface area contributed by atoms with Crippen molar-refractivity contribution < 1.29 is 27.5 Å². The zero-order valence-corrected chi connectivity index (χ0v) is 21.9. The molecule has 0 bridgehead atoms. The lowest BCUT2D eigenvalue weighted by Crippen LogP contribution is -2.27. The van der Waals surface area contributed by atoms with E-state index in [1.807, 2.05) is 0 Å². The quantitative estimate of drug-likeness (QED) is 0.318. The van der Waals surface area contributed by atoms with Crippen molar-refractivity contribution in [1.82, 2.24) is 24.8 Å². The highest BCUT2D eigenvalue weighted by molar-refractivity contribution is 7.16. The van der Waals surface area contributed by atoms with Crippen molar-refractivity contribution in [2.75, 3.05) is 12.4 Å². The van der Waals surface area contributed by atoms with Crippen LogP contribution in [0.15, 0.2) is 42.7 Å². The van der Waals surface area contributed by atoms with E-state index in [9.17, 15) is 22.8 Å². The molecule has 0 saturated carbocycles. The first-order chi connectivity index (χ1) is 18.5. The Balaban J connectivity index is 1.34. The molecule has 14 heteroatoms. The molecule has 39 heavy (non-hydrogen) atoms. The third kappa shape index (κ3) is 5.40. The van der Waals surface area contributed by atoms with Gasteiger partial charge in [0.1, 0.15) is 22.3 Å². The minimum absolute atomic E-state index is 0.0719. The fourth-order valence-corrected chi connectivity index (χ4v) is 5.17. The molecule has 0 atom stereocenters. The summed E-state index contributed by atoms with van der Waals surface area (Å²) in [5.41, 5.74) is 1.12. The van der Waals surface area contributed by atoms with Crippen molar-refractivity contribution in [3.05, 3.63) is 81.1 Å². The van der Waals surface area contributed by atoms with E-state index in [1.165, 1.54) is 41.8 Å². The van der Waals surface area contributed by atoms with E-state index in [2.05, 4.69) is 25.3 Å². The number of thiazole rings is 1. The van der Waals surface area contributed by atoms with Crippen LogP contribution in [0.3, 0.4) is 0 Å². The van der Waals surface area contributed by atoms with Gasteiger partial charge in [-0.25, -0.2) is 15.0 Å². The monoisotopic (exact) mass is 574 g/mol. The number of rotatable bonds is 5. The fraction of sp³-hybridized carbons (Fsp3) is 0.200. The standard InChI is InChI=1S/C25H18ClF3N6O3S/c1-12-6-13(14-7-21(26)31-9-18(14)38-2)15(8-30-12)22(36)34-24-33-17-10-35(11-19(17)39-24)23(37)16-4-3-5-20(32-16)25(27,28)29/h3-9H,10-11H2,1-2H3,(H,33,34,36). The molecule has 1 aliphatic rings. The minimum Gasteiger partial charge on any atom is -0.494 e. The van der Waals surface area contributed by atoms with Crippen LogP contribution >= 0.6 is 22.9 Å². The molecule has 4 aromatic rings. The van der Waals surface area contributed by atoms with Crippen LogP contribution in [0.4, 0.5) is 18.3 Å². The van der Waals surface area contributed by atoms with Crippen LogP contribution in [-0.2, 0) is 19.3 Å². The average molecular weight is 575 g/mol. The molecule has 2 amide bonds. The van der Waals surface area contributed by atoms with Crippen molar-refractivity contribution >= 4 is 39.9 Å². The van der Waals surface area contributed by atoms with E-state index in [-0.39, 0.29) is 29.5 Å². The van der Waals surface area contributed by atoms with E-state index in [0.29, 0.717) is 38.3 Å². The number of ether oxygens (including phenoxy) is 1. The van der Waals surface area contributed by atoms with E-state index < -0.39 is 23.7 Å². The fourth-order valence-electron chi connectivity index (χ4n) is 4.03. The average Bonchev–Trinajstić information content (AvgIpc) is 3.46. The maximum atomic E-state index is 13.3. The number of anilines is 1. The summed E-state index contributed by atoms with van der Waals surface area (Å²) in [5.74, 6) is -0.689. The zero-order chi connectivity index (χ0) is 27.9. The molecule has 0 unspecified atom stereocenters. The number of fused-ring (bicyclic) bond motifs is 1. The van der Waals surface area contributed by atoms with Crippen LogP contribution in [0.2, 0.25) is 5.15 Å². The predicted molar refractivity (Wildman–Crippen MR) is 137 cm³/mol. The number of aryl methyl sites for hydroxylation is 1. The van der Waals surface area contributed by atoms with Crippen molar-refractivity contribution in [2.45, 2.75) is 26.2 Å². The Kier molecular flexibility index (Phi) is 6.95. The summed E-state index contributed by atoms with van der Waals surface area (Å²) < 4.78 is 44.4. The molecule has 200 valence electrons. The Morgan fingerprint density at radius 1 is 1.10 bits per heavy atom. The van der Waals surface area contributed by atoms with Gasteiger partial charge in [0, 0.05) is 23.0 Å². The maximum absolute atomic E-state index is 13.3. The van der Waals surface area contributed by atoms with E-state index in [4.69, 9.17) is 16.3 Å². The number of carbonyl (C=O) groups is 2.